The van der Waals surface area contributed by atoms with Gasteiger partial charge < -0.3 is 16.4 Å². The van der Waals surface area contributed by atoms with Crippen molar-refractivity contribution < 1.29 is 13.6 Å². The van der Waals surface area contributed by atoms with Crippen molar-refractivity contribution in [1.29, 1.82) is 0 Å². The fourth-order valence-corrected chi connectivity index (χ4v) is 1.47. The molecule has 0 atom stereocenters. The zero-order valence-electron chi connectivity index (χ0n) is 10.3. The van der Waals surface area contributed by atoms with E-state index in [0.29, 0.717) is 0 Å². The molecule has 0 heterocycles. The van der Waals surface area contributed by atoms with E-state index in [0.717, 1.165) is 0 Å². The van der Waals surface area contributed by atoms with Gasteiger partial charge in [0.15, 0.2) is 0 Å². The summed E-state index contributed by atoms with van der Waals surface area (Å²) in [5, 5.41) is 5.34. The van der Waals surface area contributed by atoms with Crippen LogP contribution in [0.4, 0.5) is 20.2 Å². The van der Waals surface area contributed by atoms with Crippen LogP contribution in [-0.4, -0.2) is 18.5 Å². The summed E-state index contributed by atoms with van der Waals surface area (Å²) in [5.41, 5.74) is 5.73. The van der Waals surface area contributed by atoms with Crippen LogP contribution in [0, 0.1) is 0 Å². The minimum Gasteiger partial charge on any atom is -0.399 e. The number of amides is 1. The molecule has 1 rings (SSSR count). The topological polar surface area (TPSA) is 67.2 Å². The molecule has 0 aliphatic rings. The molecule has 1 amide bonds. The Labute approximate surface area is 105 Å². The summed E-state index contributed by atoms with van der Waals surface area (Å²) in [4.78, 5) is 11.4. The van der Waals surface area contributed by atoms with Gasteiger partial charge in [0.05, 0.1) is 6.54 Å². The van der Waals surface area contributed by atoms with Gasteiger partial charge in [0, 0.05) is 23.0 Å². The highest BCUT2D eigenvalue weighted by atomic mass is 19.3. The zero-order valence-corrected chi connectivity index (χ0v) is 10.3. The van der Waals surface area contributed by atoms with Gasteiger partial charge in [-0.05, 0) is 32.0 Å². The Morgan fingerprint density at radius 2 is 2.06 bits per heavy atom. The van der Waals surface area contributed by atoms with Crippen molar-refractivity contribution in [3.63, 3.8) is 0 Å². The molecule has 1 aromatic rings. The summed E-state index contributed by atoms with van der Waals surface area (Å²) < 4.78 is 25.5. The summed E-state index contributed by atoms with van der Waals surface area (Å²) in [7, 11) is 0. The molecule has 0 bridgehead atoms. The number of carbonyl (C=O) groups excluding carboxylic acids is 1. The number of benzene rings is 1. The molecule has 0 aliphatic carbocycles. The van der Waals surface area contributed by atoms with Crippen molar-refractivity contribution in [3.8, 4) is 0 Å². The first-order chi connectivity index (χ1) is 8.40. The zero-order chi connectivity index (χ0) is 13.7. The smallest absolute Gasteiger partial charge is 0.265 e. The lowest BCUT2D eigenvalue weighted by Crippen LogP contribution is -2.34. The molecule has 0 aromatic heterocycles. The number of nitrogens with one attached hydrogen (secondary N) is 2. The predicted molar refractivity (Wildman–Crippen MR) is 67.6 cm³/mol. The molecule has 4 nitrogen and oxygen atoms in total. The first-order valence-corrected chi connectivity index (χ1v) is 5.61. The van der Waals surface area contributed by atoms with Gasteiger partial charge in [-0.3, -0.25) is 4.79 Å². The SMILES string of the molecule is CC(C)NC(=O)CNc1ccc(N)cc1C(F)F. The van der Waals surface area contributed by atoms with E-state index < -0.39 is 6.43 Å². The number of halogens is 2. The molecule has 0 saturated heterocycles. The molecule has 0 radical (unpaired) electrons. The van der Waals surface area contributed by atoms with Gasteiger partial charge in [0.25, 0.3) is 6.43 Å². The Morgan fingerprint density at radius 3 is 2.61 bits per heavy atom. The first-order valence-electron chi connectivity index (χ1n) is 5.61. The highest BCUT2D eigenvalue weighted by Crippen LogP contribution is 2.28. The molecular formula is C12H17F2N3O. The van der Waals surface area contributed by atoms with E-state index in [4.69, 9.17) is 5.73 Å². The molecular weight excluding hydrogens is 240 g/mol. The molecule has 18 heavy (non-hydrogen) atoms. The fourth-order valence-electron chi connectivity index (χ4n) is 1.47. The summed E-state index contributed by atoms with van der Waals surface area (Å²) >= 11 is 0. The number of hydrogen-bond acceptors (Lipinski definition) is 3. The summed E-state index contributed by atoms with van der Waals surface area (Å²) in [6.45, 7) is 3.60. The van der Waals surface area contributed by atoms with Crippen molar-refractivity contribution >= 4 is 17.3 Å². The van der Waals surface area contributed by atoms with Crippen LogP contribution in [0.5, 0.6) is 0 Å². The van der Waals surface area contributed by atoms with Crippen molar-refractivity contribution in [1.82, 2.24) is 5.32 Å². The molecule has 6 heteroatoms. The predicted octanol–water partition coefficient (Wildman–Crippen LogP) is 2.14. The maximum Gasteiger partial charge on any atom is 0.265 e. The Bertz CT molecular complexity index is 422. The van der Waals surface area contributed by atoms with E-state index in [9.17, 15) is 13.6 Å². The number of carbonyl (C=O) groups is 1. The average molecular weight is 257 g/mol. The molecule has 0 aliphatic heterocycles. The van der Waals surface area contributed by atoms with Crippen LogP contribution in [0.25, 0.3) is 0 Å². The molecule has 0 unspecified atom stereocenters. The van der Waals surface area contributed by atoms with Gasteiger partial charge in [-0.1, -0.05) is 0 Å². The second-order valence-corrected chi connectivity index (χ2v) is 4.22. The summed E-state index contributed by atoms with van der Waals surface area (Å²) in [5.74, 6) is -0.248. The number of nitrogen functional groups attached to an aromatic ring is 1. The molecule has 0 spiro atoms. The maximum absolute atomic E-state index is 12.7. The van der Waals surface area contributed by atoms with Crippen LogP contribution in [0.3, 0.4) is 0 Å². The Balaban J connectivity index is 2.70. The first kappa shape index (κ1) is 14.2. The van der Waals surface area contributed by atoms with Crippen molar-refractivity contribution in [2.75, 3.05) is 17.6 Å². The third kappa shape index (κ3) is 4.20. The molecule has 0 saturated carbocycles. The van der Waals surface area contributed by atoms with Gasteiger partial charge in [0.1, 0.15) is 0 Å². The van der Waals surface area contributed by atoms with Gasteiger partial charge >= 0.3 is 0 Å². The van der Waals surface area contributed by atoms with E-state index in [1.54, 1.807) is 0 Å². The highest BCUT2D eigenvalue weighted by molar-refractivity contribution is 5.81. The van der Waals surface area contributed by atoms with Gasteiger partial charge in [-0.25, -0.2) is 8.78 Å². The lowest BCUT2D eigenvalue weighted by molar-refractivity contribution is -0.119. The van der Waals surface area contributed by atoms with Gasteiger partial charge in [-0.2, -0.15) is 0 Å². The van der Waals surface area contributed by atoms with Crippen LogP contribution in [0.2, 0.25) is 0 Å². The standard InChI is InChI=1S/C12H17F2N3O/c1-7(2)17-11(18)6-16-10-4-3-8(15)5-9(10)12(13)14/h3-5,7,12,16H,6,15H2,1-2H3,(H,17,18). The largest absolute Gasteiger partial charge is 0.399 e. The number of alkyl halides is 2. The van der Waals surface area contributed by atoms with Crippen molar-refractivity contribution in [2.24, 2.45) is 0 Å². The van der Waals surface area contributed by atoms with E-state index in [2.05, 4.69) is 10.6 Å². The highest BCUT2D eigenvalue weighted by Gasteiger charge is 2.14. The van der Waals surface area contributed by atoms with Crippen LogP contribution in [0.15, 0.2) is 18.2 Å². The summed E-state index contributed by atoms with van der Waals surface area (Å²) in [6.07, 6.45) is -2.64. The van der Waals surface area contributed by atoms with Gasteiger partial charge in [0.2, 0.25) is 5.91 Å². The minimum atomic E-state index is -2.64. The lowest BCUT2D eigenvalue weighted by atomic mass is 10.1. The average Bonchev–Trinajstić information content (AvgIpc) is 2.26. The fraction of sp³-hybridized carbons (Fsp3) is 0.417. The van der Waals surface area contributed by atoms with Crippen LogP contribution < -0.4 is 16.4 Å². The Kier molecular flexibility index (Phi) is 4.88. The third-order valence-corrected chi connectivity index (χ3v) is 2.20. The minimum absolute atomic E-state index is 0.0142. The second-order valence-electron chi connectivity index (χ2n) is 4.22. The van der Waals surface area contributed by atoms with Crippen molar-refractivity contribution in [3.05, 3.63) is 23.8 Å². The van der Waals surface area contributed by atoms with E-state index in [1.807, 2.05) is 13.8 Å². The second kappa shape index (κ2) is 6.18. The quantitative estimate of drug-likeness (QED) is 0.708. The van der Waals surface area contributed by atoms with Crippen LogP contribution in [0.1, 0.15) is 25.8 Å². The van der Waals surface area contributed by atoms with Gasteiger partial charge in [-0.15, -0.1) is 0 Å². The molecule has 1 aromatic carbocycles. The van der Waals surface area contributed by atoms with E-state index in [1.165, 1.54) is 18.2 Å². The molecule has 0 fully saturated rings. The van der Waals surface area contributed by atoms with E-state index >= 15 is 0 Å². The van der Waals surface area contributed by atoms with Crippen LogP contribution >= 0.6 is 0 Å². The Hall–Kier alpha value is -1.85. The normalized spacial score (nSPS) is 10.8. The number of anilines is 2. The third-order valence-electron chi connectivity index (χ3n) is 2.20. The van der Waals surface area contributed by atoms with Crippen LogP contribution in [-0.2, 0) is 4.79 Å². The number of rotatable bonds is 5. The molecule has 100 valence electrons. The monoisotopic (exact) mass is 257 g/mol. The Morgan fingerprint density at radius 1 is 1.39 bits per heavy atom. The summed E-state index contributed by atoms with van der Waals surface area (Å²) in [6, 6.07) is 4.17. The number of nitrogens with two attached hydrogens (primary N) is 1. The molecule has 4 N–H and O–H groups in total. The maximum atomic E-state index is 12.7. The van der Waals surface area contributed by atoms with E-state index in [-0.39, 0.29) is 35.4 Å². The van der Waals surface area contributed by atoms with Crippen molar-refractivity contribution in [2.45, 2.75) is 26.3 Å². The number of hydrogen-bond donors (Lipinski definition) is 3. The lowest BCUT2D eigenvalue weighted by Gasteiger charge is -2.13.